The highest BCUT2D eigenvalue weighted by Crippen LogP contribution is 2.14. The maximum Gasteiger partial charge on any atom is 0.275 e. The summed E-state index contributed by atoms with van der Waals surface area (Å²) in [5, 5.41) is 70.7. The highest BCUT2D eigenvalue weighted by atomic mass is 16.7. The summed E-state index contributed by atoms with van der Waals surface area (Å²) in [5.41, 5.74) is 0. The second kappa shape index (κ2) is 9.62. The Bertz CT molecular complexity index is 232. The lowest BCUT2D eigenvalue weighted by molar-refractivity contribution is -0.316. The molecule has 9 heteroatoms. The van der Waals surface area contributed by atoms with Crippen molar-refractivity contribution in [3.8, 4) is 0 Å². The number of hydrogen-bond acceptors (Lipinski definition) is 9. The van der Waals surface area contributed by atoms with E-state index in [1.807, 2.05) is 0 Å². The van der Waals surface area contributed by atoms with Gasteiger partial charge in [-0.15, -0.1) is 0 Å². The Morgan fingerprint density at radius 1 is 0.619 bits per heavy atom. The van der Waals surface area contributed by atoms with Gasteiger partial charge in [0.15, 0.2) is 12.6 Å². The minimum atomic E-state index is -2.72. The summed E-state index contributed by atoms with van der Waals surface area (Å²) < 4.78 is 4.85. The zero-order chi connectivity index (χ0) is 16.5. The fraction of sp³-hybridized carbons (Fsp3) is 1.00. The molecule has 0 radical (unpaired) electrons. The van der Waals surface area contributed by atoms with Crippen molar-refractivity contribution in [3.05, 3.63) is 0 Å². The van der Waals surface area contributed by atoms with Crippen LogP contribution in [0, 0.1) is 0 Å². The number of unbranched alkanes of at least 4 members (excludes halogenated alkanes) is 2. The third kappa shape index (κ3) is 15.8. The van der Waals surface area contributed by atoms with Gasteiger partial charge in [-0.25, -0.2) is 0 Å². The minimum absolute atomic E-state index is 0.153. The third-order valence-electron chi connectivity index (χ3n) is 2.74. The highest BCUT2D eigenvalue weighted by molar-refractivity contribution is 4.54. The van der Waals surface area contributed by atoms with E-state index in [4.69, 9.17) is 35.4 Å². The van der Waals surface area contributed by atoms with Crippen molar-refractivity contribution in [3.63, 3.8) is 0 Å². The van der Waals surface area contributed by atoms with E-state index in [0.717, 1.165) is 0 Å². The number of rotatable bonds is 12. The lowest BCUT2D eigenvalue weighted by Gasteiger charge is -2.18. The maximum absolute atomic E-state index is 9.45. The van der Waals surface area contributed by atoms with Gasteiger partial charge in [0, 0.05) is 12.8 Å². The van der Waals surface area contributed by atoms with Crippen molar-refractivity contribution in [1.82, 2.24) is 0 Å². The predicted molar refractivity (Wildman–Crippen MR) is 68.8 cm³/mol. The molecule has 2 atom stereocenters. The number of aliphatic hydroxyl groups excluding tert-OH is 2. The van der Waals surface area contributed by atoms with Crippen molar-refractivity contribution in [2.45, 2.75) is 75.9 Å². The first-order chi connectivity index (χ1) is 9.49. The Hall–Kier alpha value is -0.360. The quantitative estimate of drug-likeness (QED) is 0.150. The van der Waals surface area contributed by atoms with Gasteiger partial charge in [0.05, 0.1) is 0 Å². The predicted octanol–water partition coefficient (Wildman–Crippen LogP) is -1.98. The topological polar surface area (TPSA) is 171 Å². The van der Waals surface area contributed by atoms with Crippen LogP contribution >= 0.6 is 0 Å². The van der Waals surface area contributed by atoms with Gasteiger partial charge >= 0.3 is 0 Å². The Kier molecular flexibility index (Phi) is 9.45. The summed E-state index contributed by atoms with van der Waals surface area (Å²) in [5.74, 6) is -5.43. The van der Waals surface area contributed by atoms with Gasteiger partial charge in [-0.3, -0.25) is 0 Å². The van der Waals surface area contributed by atoms with Crippen LogP contribution in [0.25, 0.3) is 0 Å². The van der Waals surface area contributed by atoms with Crippen molar-refractivity contribution >= 4 is 0 Å². The Balaban J connectivity index is 3.59. The molecule has 0 bridgehead atoms. The molecule has 0 saturated carbocycles. The van der Waals surface area contributed by atoms with E-state index < -0.39 is 24.5 Å². The van der Waals surface area contributed by atoms with Crippen LogP contribution in [0.15, 0.2) is 0 Å². The van der Waals surface area contributed by atoms with Crippen LogP contribution in [-0.4, -0.2) is 65.4 Å². The van der Waals surface area contributed by atoms with E-state index in [0.29, 0.717) is 12.8 Å². The average molecular weight is 314 g/mol. The van der Waals surface area contributed by atoms with Gasteiger partial charge in [-0.2, -0.15) is 0 Å². The van der Waals surface area contributed by atoms with Crippen molar-refractivity contribution in [1.29, 1.82) is 0 Å². The molecule has 0 spiro atoms. The first kappa shape index (κ1) is 20.6. The van der Waals surface area contributed by atoms with Gasteiger partial charge in [0.2, 0.25) is 0 Å². The van der Waals surface area contributed by atoms with Crippen LogP contribution in [0.3, 0.4) is 0 Å². The van der Waals surface area contributed by atoms with E-state index >= 15 is 0 Å². The summed E-state index contributed by atoms with van der Waals surface area (Å²) in [4.78, 5) is 0. The monoisotopic (exact) mass is 314 g/mol. The van der Waals surface area contributed by atoms with E-state index in [1.54, 1.807) is 0 Å². The molecule has 0 aromatic rings. The van der Waals surface area contributed by atoms with Crippen LogP contribution in [0.2, 0.25) is 0 Å². The Morgan fingerprint density at radius 2 is 0.952 bits per heavy atom. The number of aliphatic hydroxyl groups is 8. The lowest BCUT2D eigenvalue weighted by Crippen LogP contribution is -2.27. The fourth-order valence-electron chi connectivity index (χ4n) is 1.68. The van der Waals surface area contributed by atoms with E-state index in [-0.39, 0.29) is 38.5 Å². The molecule has 0 aliphatic carbocycles. The zero-order valence-corrected chi connectivity index (χ0v) is 11.8. The van der Waals surface area contributed by atoms with Crippen molar-refractivity contribution in [2.75, 3.05) is 0 Å². The summed E-state index contributed by atoms with van der Waals surface area (Å²) >= 11 is 0. The first-order valence-corrected chi connectivity index (χ1v) is 6.85. The largest absolute Gasteiger partial charge is 0.368 e. The normalized spacial score (nSPS) is 16.0. The zero-order valence-electron chi connectivity index (χ0n) is 11.8. The van der Waals surface area contributed by atoms with Gasteiger partial charge in [0.1, 0.15) is 0 Å². The van der Waals surface area contributed by atoms with Crippen LogP contribution in [0.4, 0.5) is 0 Å². The summed E-state index contributed by atoms with van der Waals surface area (Å²) in [6.45, 7) is 0. The Labute approximate surface area is 122 Å². The number of hydrogen-bond donors (Lipinski definition) is 8. The molecule has 0 aliphatic heterocycles. The SMILES string of the molecule is OC(CCCCC(O)(O)O)OC(O)CCCCC(O)(O)O. The smallest absolute Gasteiger partial charge is 0.275 e. The van der Waals surface area contributed by atoms with E-state index in [1.165, 1.54) is 0 Å². The molecular formula is C12H26O9. The van der Waals surface area contributed by atoms with Gasteiger partial charge in [-0.05, 0) is 38.5 Å². The van der Waals surface area contributed by atoms with Gasteiger partial charge in [-0.1, -0.05) is 0 Å². The highest BCUT2D eigenvalue weighted by Gasteiger charge is 2.19. The molecule has 0 aliphatic rings. The van der Waals surface area contributed by atoms with Gasteiger partial charge in [0.25, 0.3) is 11.9 Å². The standard InChI is InChI=1S/C12H26O9/c13-9(5-1-3-7-11(15,16)17)21-10(14)6-2-4-8-12(18,19)20/h9-10,13-20H,1-8H2. The molecule has 0 aromatic carbocycles. The van der Waals surface area contributed by atoms with Crippen LogP contribution in [-0.2, 0) is 4.74 Å². The van der Waals surface area contributed by atoms with Crippen LogP contribution < -0.4 is 0 Å². The molecular weight excluding hydrogens is 288 g/mol. The molecule has 0 amide bonds. The molecule has 0 aromatic heterocycles. The Morgan fingerprint density at radius 3 is 1.24 bits per heavy atom. The summed E-state index contributed by atoms with van der Waals surface area (Å²) in [6.07, 6.45) is -1.42. The van der Waals surface area contributed by atoms with Crippen molar-refractivity contribution < 1.29 is 45.6 Å². The molecule has 21 heavy (non-hydrogen) atoms. The second-order valence-electron chi connectivity index (χ2n) is 5.09. The molecule has 0 heterocycles. The second-order valence-corrected chi connectivity index (χ2v) is 5.09. The average Bonchev–Trinajstić information content (AvgIpc) is 2.28. The third-order valence-corrected chi connectivity index (χ3v) is 2.74. The van der Waals surface area contributed by atoms with Gasteiger partial charge < -0.3 is 45.6 Å². The maximum atomic E-state index is 9.45. The van der Waals surface area contributed by atoms with E-state index in [9.17, 15) is 10.2 Å². The molecule has 2 unspecified atom stereocenters. The van der Waals surface area contributed by atoms with E-state index in [2.05, 4.69) is 0 Å². The molecule has 0 saturated heterocycles. The summed E-state index contributed by atoms with van der Waals surface area (Å²) in [6, 6.07) is 0. The minimum Gasteiger partial charge on any atom is -0.368 e. The fourth-order valence-corrected chi connectivity index (χ4v) is 1.68. The number of ether oxygens (including phenoxy) is 1. The lowest BCUT2D eigenvalue weighted by atomic mass is 10.1. The van der Waals surface area contributed by atoms with Crippen LogP contribution in [0.1, 0.15) is 51.4 Å². The molecule has 0 fully saturated rings. The molecule has 0 rings (SSSR count). The summed E-state index contributed by atoms with van der Waals surface area (Å²) in [7, 11) is 0. The molecule has 8 N–H and O–H groups in total. The van der Waals surface area contributed by atoms with Crippen molar-refractivity contribution in [2.24, 2.45) is 0 Å². The molecule has 128 valence electrons. The first-order valence-electron chi connectivity index (χ1n) is 6.85. The molecule has 9 nitrogen and oxygen atoms in total. The van der Waals surface area contributed by atoms with Crippen LogP contribution in [0.5, 0.6) is 0 Å².